The van der Waals surface area contributed by atoms with E-state index in [4.69, 9.17) is 6.57 Å². The average Bonchev–Trinajstić information content (AvgIpc) is 2.46. The molecule has 0 aliphatic heterocycles. The minimum absolute atomic E-state index is 0.0558. The van der Waals surface area contributed by atoms with Crippen LogP contribution in [0.4, 0.5) is 17.1 Å². The first kappa shape index (κ1) is 12.6. The van der Waals surface area contributed by atoms with Gasteiger partial charge in [-0.1, -0.05) is 36.4 Å². The second kappa shape index (κ2) is 5.65. The van der Waals surface area contributed by atoms with Gasteiger partial charge in [0.1, 0.15) is 5.69 Å². The zero-order chi connectivity index (χ0) is 13.7. The fourth-order valence-electron chi connectivity index (χ4n) is 1.67. The Hall–Kier alpha value is -2.87. The van der Waals surface area contributed by atoms with E-state index >= 15 is 0 Å². The minimum Gasteiger partial charge on any atom is -0.375 e. The molecule has 0 aromatic heterocycles. The molecule has 19 heavy (non-hydrogen) atoms. The van der Waals surface area contributed by atoms with E-state index in [2.05, 4.69) is 10.2 Å². The first-order valence-electron chi connectivity index (χ1n) is 5.64. The Morgan fingerprint density at radius 2 is 1.84 bits per heavy atom. The van der Waals surface area contributed by atoms with Gasteiger partial charge in [-0.2, -0.15) is 0 Å². The van der Waals surface area contributed by atoms with Gasteiger partial charge in [0.15, 0.2) is 5.69 Å². The van der Waals surface area contributed by atoms with Crippen LogP contribution in [0.15, 0.2) is 48.5 Å². The van der Waals surface area contributed by atoms with Gasteiger partial charge >= 0.3 is 0 Å². The number of para-hydroxylation sites is 2. The molecular formula is C14H11N3O2. The highest BCUT2D eigenvalue weighted by molar-refractivity contribution is 5.61. The van der Waals surface area contributed by atoms with Gasteiger partial charge < -0.3 is 5.32 Å². The summed E-state index contributed by atoms with van der Waals surface area (Å²) >= 11 is 0. The molecule has 2 aromatic carbocycles. The van der Waals surface area contributed by atoms with Crippen LogP contribution < -0.4 is 5.32 Å². The molecule has 2 rings (SSSR count). The van der Waals surface area contributed by atoms with Crippen molar-refractivity contribution in [3.63, 3.8) is 0 Å². The zero-order valence-corrected chi connectivity index (χ0v) is 10.0. The highest BCUT2D eigenvalue weighted by atomic mass is 16.6. The van der Waals surface area contributed by atoms with Crippen molar-refractivity contribution in [1.29, 1.82) is 0 Å². The van der Waals surface area contributed by atoms with E-state index in [9.17, 15) is 10.1 Å². The lowest BCUT2D eigenvalue weighted by atomic mass is 10.2. The zero-order valence-electron chi connectivity index (χ0n) is 10.0. The van der Waals surface area contributed by atoms with Crippen molar-refractivity contribution in [2.24, 2.45) is 0 Å². The molecule has 0 saturated heterocycles. The number of nitro benzene ring substituents is 1. The van der Waals surface area contributed by atoms with Crippen LogP contribution in [0, 0.1) is 16.7 Å². The molecule has 94 valence electrons. The molecule has 0 amide bonds. The van der Waals surface area contributed by atoms with Gasteiger partial charge in [-0.3, -0.25) is 10.1 Å². The summed E-state index contributed by atoms with van der Waals surface area (Å²) in [6, 6.07) is 13.6. The highest BCUT2D eigenvalue weighted by Gasteiger charge is 2.11. The molecule has 0 atom stereocenters. The summed E-state index contributed by atoms with van der Waals surface area (Å²) in [4.78, 5) is 13.7. The second-order valence-electron chi connectivity index (χ2n) is 3.91. The maximum Gasteiger partial charge on any atom is 0.292 e. The molecule has 0 aliphatic rings. The van der Waals surface area contributed by atoms with Crippen LogP contribution in [0.1, 0.15) is 5.56 Å². The Balaban J connectivity index is 2.10. The number of nitro groups is 1. The molecule has 0 saturated carbocycles. The molecule has 5 heteroatoms. The molecule has 0 radical (unpaired) electrons. The lowest BCUT2D eigenvalue weighted by molar-refractivity contribution is -0.384. The average molecular weight is 253 g/mol. The van der Waals surface area contributed by atoms with Crippen LogP contribution in [0.25, 0.3) is 4.85 Å². The summed E-state index contributed by atoms with van der Waals surface area (Å²) in [6.07, 6.45) is 0. The molecule has 0 aliphatic carbocycles. The predicted octanol–water partition coefficient (Wildman–Crippen LogP) is 3.76. The predicted molar refractivity (Wildman–Crippen MR) is 73.1 cm³/mol. The Bertz CT molecular complexity index is 630. The maximum atomic E-state index is 10.8. The topological polar surface area (TPSA) is 59.5 Å². The molecule has 5 nitrogen and oxygen atoms in total. The maximum absolute atomic E-state index is 10.8. The lowest BCUT2D eigenvalue weighted by Gasteiger charge is -2.07. The molecule has 1 N–H and O–H groups in total. The standard InChI is InChI=1S/C14H11N3O2/c1-15-12-8-6-11(7-9-12)10-16-13-4-2-3-5-14(13)17(18)19/h2-9,16H,10H2. The van der Waals surface area contributed by atoms with E-state index in [-0.39, 0.29) is 5.69 Å². The SMILES string of the molecule is [C-]#[N+]c1ccc(CNc2ccccc2[N+](=O)[O-])cc1. The van der Waals surface area contributed by atoms with Crippen LogP contribution in [-0.4, -0.2) is 4.92 Å². The number of anilines is 1. The van der Waals surface area contributed by atoms with Crippen LogP contribution in [0.5, 0.6) is 0 Å². The molecule has 0 unspecified atom stereocenters. The minimum atomic E-state index is -0.412. The summed E-state index contributed by atoms with van der Waals surface area (Å²) in [5.74, 6) is 0. The van der Waals surface area contributed by atoms with E-state index in [1.807, 2.05) is 12.1 Å². The van der Waals surface area contributed by atoms with Crippen molar-refractivity contribution in [3.8, 4) is 0 Å². The Morgan fingerprint density at radius 3 is 2.47 bits per heavy atom. The first-order valence-corrected chi connectivity index (χ1v) is 5.64. The van der Waals surface area contributed by atoms with Gasteiger partial charge in [0, 0.05) is 12.6 Å². The van der Waals surface area contributed by atoms with Gasteiger partial charge in [0.2, 0.25) is 0 Å². The highest BCUT2D eigenvalue weighted by Crippen LogP contribution is 2.24. The van der Waals surface area contributed by atoms with Crippen LogP contribution in [0.2, 0.25) is 0 Å². The van der Waals surface area contributed by atoms with Crippen molar-refractivity contribution in [2.45, 2.75) is 6.54 Å². The molecule has 0 heterocycles. The molecule has 2 aromatic rings. The summed E-state index contributed by atoms with van der Waals surface area (Å²) in [6.45, 7) is 7.34. The van der Waals surface area contributed by atoms with Crippen molar-refractivity contribution < 1.29 is 4.92 Å². The third-order valence-corrected chi connectivity index (χ3v) is 2.65. The number of hydrogen-bond acceptors (Lipinski definition) is 3. The number of benzene rings is 2. The third-order valence-electron chi connectivity index (χ3n) is 2.65. The molecule has 0 fully saturated rings. The Morgan fingerprint density at radius 1 is 1.16 bits per heavy atom. The van der Waals surface area contributed by atoms with Crippen molar-refractivity contribution >= 4 is 17.1 Å². The fourth-order valence-corrected chi connectivity index (χ4v) is 1.67. The van der Waals surface area contributed by atoms with Crippen molar-refractivity contribution in [3.05, 3.63) is 75.6 Å². The fraction of sp³-hybridized carbons (Fsp3) is 0.0714. The lowest BCUT2D eigenvalue weighted by Crippen LogP contribution is -2.02. The normalized spacial score (nSPS) is 9.63. The van der Waals surface area contributed by atoms with Crippen molar-refractivity contribution in [1.82, 2.24) is 0 Å². The second-order valence-corrected chi connectivity index (χ2v) is 3.91. The van der Waals surface area contributed by atoms with Gasteiger partial charge in [0.05, 0.1) is 11.5 Å². The molecular weight excluding hydrogens is 242 g/mol. The van der Waals surface area contributed by atoms with E-state index in [0.29, 0.717) is 17.9 Å². The molecule has 0 bridgehead atoms. The van der Waals surface area contributed by atoms with Crippen LogP contribution >= 0.6 is 0 Å². The Kier molecular flexibility index (Phi) is 3.74. The first-order chi connectivity index (χ1) is 9.20. The van der Waals surface area contributed by atoms with Gasteiger partial charge in [-0.05, 0) is 11.6 Å². The van der Waals surface area contributed by atoms with Crippen LogP contribution in [0.3, 0.4) is 0 Å². The summed E-state index contributed by atoms with van der Waals surface area (Å²) in [7, 11) is 0. The van der Waals surface area contributed by atoms with Crippen molar-refractivity contribution in [2.75, 3.05) is 5.32 Å². The summed E-state index contributed by atoms with van der Waals surface area (Å²) in [5.41, 5.74) is 2.09. The monoisotopic (exact) mass is 253 g/mol. The quantitative estimate of drug-likeness (QED) is 0.512. The number of nitrogens with one attached hydrogen (secondary N) is 1. The van der Waals surface area contributed by atoms with E-state index in [1.165, 1.54) is 6.07 Å². The molecule has 0 spiro atoms. The number of hydrogen-bond donors (Lipinski definition) is 1. The largest absolute Gasteiger partial charge is 0.375 e. The smallest absolute Gasteiger partial charge is 0.292 e. The number of rotatable bonds is 4. The van der Waals surface area contributed by atoms with E-state index in [1.54, 1.807) is 30.3 Å². The van der Waals surface area contributed by atoms with Gasteiger partial charge in [-0.15, -0.1) is 0 Å². The van der Waals surface area contributed by atoms with Gasteiger partial charge in [-0.25, -0.2) is 4.85 Å². The summed E-state index contributed by atoms with van der Waals surface area (Å²) < 4.78 is 0. The van der Waals surface area contributed by atoms with Gasteiger partial charge in [0.25, 0.3) is 5.69 Å². The summed E-state index contributed by atoms with van der Waals surface area (Å²) in [5, 5.41) is 13.9. The van der Waals surface area contributed by atoms with E-state index < -0.39 is 4.92 Å². The third kappa shape index (κ3) is 3.07. The van der Waals surface area contributed by atoms with E-state index in [0.717, 1.165) is 5.56 Å². The number of nitrogens with zero attached hydrogens (tertiary/aromatic N) is 2. The Labute approximate surface area is 110 Å². The van der Waals surface area contributed by atoms with Crippen LogP contribution in [-0.2, 0) is 6.54 Å².